The number of aliphatic carboxylic acids is 1. The van der Waals surface area contributed by atoms with E-state index < -0.39 is 29.7 Å². The van der Waals surface area contributed by atoms with Gasteiger partial charge in [-0.05, 0) is 51.1 Å². The Morgan fingerprint density at radius 2 is 2.04 bits per heavy atom. The largest absolute Gasteiger partial charge is 0.480 e. The molecule has 4 N–H and O–H groups in total. The van der Waals surface area contributed by atoms with Crippen molar-refractivity contribution in [2.75, 3.05) is 6.54 Å². The Hall–Kier alpha value is -2.38. The van der Waals surface area contributed by atoms with E-state index in [1.807, 2.05) is 51.1 Å². The van der Waals surface area contributed by atoms with Crippen molar-refractivity contribution < 1.29 is 19.4 Å². The number of piperidine rings is 1. The van der Waals surface area contributed by atoms with Crippen molar-refractivity contribution in [2.24, 2.45) is 11.7 Å². The smallest absolute Gasteiger partial charge is 0.327 e. The molecule has 1 aliphatic rings. The van der Waals surface area contributed by atoms with Gasteiger partial charge in [0.05, 0.1) is 12.1 Å². The van der Waals surface area contributed by atoms with E-state index in [9.17, 15) is 14.7 Å². The Balaban J connectivity index is 1.88. The van der Waals surface area contributed by atoms with Crippen LogP contribution in [0, 0.1) is 5.92 Å². The summed E-state index contributed by atoms with van der Waals surface area (Å²) in [7, 11) is 0. The van der Waals surface area contributed by atoms with Crippen molar-refractivity contribution in [3.8, 4) is 0 Å². The Morgan fingerprint density at radius 1 is 1.33 bits per heavy atom. The molecule has 1 fully saturated rings. The Kier molecular flexibility index (Phi) is 5.26. The summed E-state index contributed by atoms with van der Waals surface area (Å²) in [6.45, 7) is 5.93. The summed E-state index contributed by atoms with van der Waals surface area (Å²) < 4.78 is 5.49. The second kappa shape index (κ2) is 7.32. The highest BCUT2D eigenvalue weighted by molar-refractivity contribution is 5.84. The van der Waals surface area contributed by atoms with E-state index in [2.05, 4.69) is 4.98 Å². The Bertz CT molecular complexity index is 806. The van der Waals surface area contributed by atoms with Crippen molar-refractivity contribution in [2.45, 2.75) is 51.4 Å². The fourth-order valence-corrected chi connectivity index (χ4v) is 3.68. The number of carbonyl (C=O) groups is 2. The van der Waals surface area contributed by atoms with E-state index in [1.54, 1.807) is 4.90 Å². The molecule has 27 heavy (non-hydrogen) atoms. The number of nitrogens with zero attached hydrogens (tertiary/aromatic N) is 1. The molecule has 1 aromatic carbocycles. The van der Waals surface area contributed by atoms with Crippen LogP contribution >= 0.6 is 0 Å². The van der Waals surface area contributed by atoms with Gasteiger partial charge in [0.1, 0.15) is 11.6 Å². The van der Waals surface area contributed by atoms with Crippen LogP contribution in [0.2, 0.25) is 0 Å². The first-order chi connectivity index (χ1) is 12.7. The number of carboxylic acids is 1. The number of ether oxygens (including phenoxy) is 1. The van der Waals surface area contributed by atoms with Crippen molar-refractivity contribution in [3.05, 3.63) is 36.0 Å². The van der Waals surface area contributed by atoms with E-state index in [0.29, 0.717) is 25.1 Å². The predicted molar refractivity (Wildman–Crippen MR) is 102 cm³/mol. The lowest BCUT2D eigenvalue weighted by Crippen LogP contribution is -2.56. The number of carbonyl (C=O) groups excluding carboxylic acids is 1. The summed E-state index contributed by atoms with van der Waals surface area (Å²) in [4.78, 5) is 29.5. The number of H-pyrrole nitrogens is 1. The van der Waals surface area contributed by atoms with E-state index in [1.165, 1.54) is 0 Å². The van der Waals surface area contributed by atoms with Gasteiger partial charge in [-0.15, -0.1) is 0 Å². The highest BCUT2D eigenvalue weighted by Gasteiger charge is 2.42. The van der Waals surface area contributed by atoms with Gasteiger partial charge in [0.2, 0.25) is 0 Å². The van der Waals surface area contributed by atoms with Gasteiger partial charge in [-0.2, -0.15) is 0 Å². The van der Waals surface area contributed by atoms with Gasteiger partial charge in [0.25, 0.3) is 0 Å². The third-order valence-corrected chi connectivity index (χ3v) is 4.85. The molecule has 1 aromatic heterocycles. The van der Waals surface area contributed by atoms with Crippen molar-refractivity contribution in [1.82, 2.24) is 9.88 Å². The molecule has 146 valence electrons. The second-order valence-electron chi connectivity index (χ2n) is 8.06. The lowest BCUT2D eigenvalue weighted by atomic mass is 9.92. The average Bonchev–Trinajstić information content (AvgIpc) is 2.98. The average molecular weight is 373 g/mol. The van der Waals surface area contributed by atoms with Crippen LogP contribution in [0.15, 0.2) is 30.3 Å². The van der Waals surface area contributed by atoms with Gasteiger partial charge in [-0.3, -0.25) is 14.5 Å². The number of hydrogen-bond acceptors (Lipinski definition) is 5. The van der Waals surface area contributed by atoms with Gasteiger partial charge in [0, 0.05) is 17.8 Å². The number of nitrogens with two attached hydrogens (primary N) is 1. The SMILES string of the molecule is CC(C)(C)OC(=O)[C@@H]1CCCN([C@@H](C(=O)O)c2cc3ccccc3[nH]2)[C@H]1N. The molecule has 0 aliphatic carbocycles. The summed E-state index contributed by atoms with van der Waals surface area (Å²) >= 11 is 0. The highest BCUT2D eigenvalue weighted by atomic mass is 16.6. The first-order valence-corrected chi connectivity index (χ1v) is 9.22. The van der Waals surface area contributed by atoms with Gasteiger partial charge >= 0.3 is 11.9 Å². The maximum atomic E-state index is 12.6. The van der Waals surface area contributed by atoms with Gasteiger partial charge in [0.15, 0.2) is 0 Å². The molecular formula is C20H27N3O4. The zero-order valence-corrected chi connectivity index (χ0v) is 15.9. The molecule has 1 saturated heterocycles. The number of esters is 1. The molecule has 7 nitrogen and oxygen atoms in total. The number of likely N-dealkylation sites (tertiary alicyclic amines) is 1. The third-order valence-electron chi connectivity index (χ3n) is 4.85. The number of rotatable bonds is 4. The van der Waals surface area contributed by atoms with Gasteiger partial charge in [-0.1, -0.05) is 18.2 Å². The molecule has 0 amide bonds. The van der Waals surface area contributed by atoms with Gasteiger partial charge < -0.3 is 20.6 Å². The van der Waals surface area contributed by atoms with Crippen LogP contribution < -0.4 is 5.73 Å². The fraction of sp³-hybridized carbons (Fsp3) is 0.500. The number of fused-ring (bicyclic) bond motifs is 1. The molecule has 1 aliphatic heterocycles. The summed E-state index contributed by atoms with van der Waals surface area (Å²) in [5, 5.41) is 10.8. The summed E-state index contributed by atoms with van der Waals surface area (Å²) in [6.07, 6.45) is 0.550. The van der Waals surface area contributed by atoms with Crippen LogP contribution in [0.5, 0.6) is 0 Å². The molecule has 3 atom stereocenters. The van der Waals surface area contributed by atoms with Crippen molar-refractivity contribution >= 4 is 22.8 Å². The molecule has 2 aromatic rings. The van der Waals surface area contributed by atoms with E-state index in [0.717, 1.165) is 10.9 Å². The summed E-state index contributed by atoms with van der Waals surface area (Å²) in [5.41, 5.74) is 7.18. The highest BCUT2D eigenvalue weighted by Crippen LogP contribution is 2.32. The minimum Gasteiger partial charge on any atom is -0.480 e. The number of hydrogen-bond donors (Lipinski definition) is 3. The third kappa shape index (κ3) is 4.14. The van der Waals surface area contributed by atoms with Crippen LogP contribution in [0.3, 0.4) is 0 Å². The zero-order chi connectivity index (χ0) is 19.8. The van der Waals surface area contributed by atoms with E-state index >= 15 is 0 Å². The number of aromatic nitrogens is 1. The molecule has 0 radical (unpaired) electrons. The van der Waals surface area contributed by atoms with E-state index in [4.69, 9.17) is 10.5 Å². The second-order valence-corrected chi connectivity index (χ2v) is 8.06. The Morgan fingerprint density at radius 3 is 2.67 bits per heavy atom. The molecule has 7 heteroatoms. The van der Waals surface area contributed by atoms with Crippen LogP contribution in [-0.2, 0) is 14.3 Å². The first-order valence-electron chi connectivity index (χ1n) is 9.22. The normalized spacial score (nSPS) is 22.5. The Labute approximate surface area is 158 Å². The monoisotopic (exact) mass is 373 g/mol. The van der Waals surface area contributed by atoms with Crippen molar-refractivity contribution in [1.29, 1.82) is 0 Å². The number of para-hydroxylation sites is 1. The number of nitrogens with one attached hydrogen (secondary N) is 1. The topological polar surface area (TPSA) is 109 Å². The quantitative estimate of drug-likeness (QED) is 0.711. The van der Waals surface area contributed by atoms with Crippen LogP contribution in [0.1, 0.15) is 45.3 Å². The molecule has 2 heterocycles. The minimum absolute atomic E-state index is 0.375. The number of carboxylic acid groups (broad SMARTS) is 1. The molecule has 0 unspecified atom stereocenters. The molecule has 0 bridgehead atoms. The molecule has 0 saturated carbocycles. The van der Waals surface area contributed by atoms with Crippen molar-refractivity contribution in [3.63, 3.8) is 0 Å². The summed E-state index contributed by atoms with van der Waals surface area (Å²) in [5.74, 6) is -1.92. The molecular weight excluding hydrogens is 346 g/mol. The van der Waals surface area contributed by atoms with E-state index in [-0.39, 0.29) is 5.97 Å². The number of aromatic amines is 1. The van der Waals surface area contributed by atoms with Crippen LogP contribution in [-0.4, -0.2) is 45.2 Å². The summed E-state index contributed by atoms with van der Waals surface area (Å²) in [6, 6.07) is 8.51. The standard InChI is InChI=1S/C20H27N3O4/c1-20(2,3)27-19(26)13-8-6-10-23(17(13)21)16(18(24)25)15-11-12-7-4-5-9-14(12)22-15/h4-5,7,9,11,13,16-17,22H,6,8,10,21H2,1-3H3,(H,24,25)/t13-,16-,17-/m1/s1. The zero-order valence-electron chi connectivity index (χ0n) is 15.9. The maximum absolute atomic E-state index is 12.6. The minimum atomic E-state index is -0.998. The fourth-order valence-electron chi connectivity index (χ4n) is 3.68. The molecule has 3 rings (SSSR count). The predicted octanol–water partition coefficient (Wildman–Crippen LogP) is 2.63. The van der Waals surface area contributed by atoms with Gasteiger partial charge in [-0.25, -0.2) is 0 Å². The van der Waals surface area contributed by atoms with Crippen LogP contribution in [0.4, 0.5) is 0 Å². The lowest BCUT2D eigenvalue weighted by Gasteiger charge is -2.41. The molecule has 0 spiro atoms. The first kappa shape index (κ1) is 19.4. The maximum Gasteiger partial charge on any atom is 0.327 e. The lowest BCUT2D eigenvalue weighted by molar-refractivity contribution is -0.167. The number of benzene rings is 1. The van der Waals surface area contributed by atoms with Crippen LogP contribution in [0.25, 0.3) is 10.9 Å².